The molecule has 0 saturated carbocycles. The molecule has 0 aromatic carbocycles. The van der Waals surface area contributed by atoms with E-state index in [9.17, 15) is 8.42 Å². The number of hydrogen-bond donors (Lipinski definition) is 1. The summed E-state index contributed by atoms with van der Waals surface area (Å²) in [6.07, 6.45) is 4.33. The highest BCUT2D eigenvalue weighted by molar-refractivity contribution is 7.91. The van der Waals surface area contributed by atoms with Crippen LogP contribution in [0.5, 0.6) is 0 Å². The quantitative estimate of drug-likeness (QED) is 0.828. The van der Waals surface area contributed by atoms with Gasteiger partial charge in [0.1, 0.15) is 15.3 Å². The first kappa shape index (κ1) is 13.9. The lowest BCUT2D eigenvalue weighted by Crippen LogP contribution is -2.21. The van der Waals surface area contributed by atoms with Crippen molar-refractivity contribution in [3.63, 3.8) is 0 Å². The minimum absolute atomic E-state index is 0.298. The van der Waals surface area contributed by atoms with Gasteiger partial charge in [-0.1, -0.05) is 6.42 Å². The van der Waals surface area contributed by atoms with Crippen LogP contribution in [0.25, 0.3) is 0 Å². The number of nitrogens with zero attached hydrogens (tertiary/aromatic N) is 2. The van der Waals surface area contributed by atoms with Crippen molar-refractivity contribution in [3.05, 3.63) is 10.0 Å². The number of rotatable bonds is 5. The van der Waals surface area contributed by atoms with Crippen molar-refractivity contribution in [2.45, 2.75) is 37.4 Å². The van der Waals surface area contributed by atoms with Gasteiger partial charge in [0.25, 0.3) is 0 Å². The maximum Gasteiger partial charge on any atom is 0.159 e. The predicted molar refractivity (Wildman–Crippen MR) is 72.5 cm³/mol. The van der Waals surface area contributed by atoms with Crippen molar-refractivity contribution in [2.75, 3.05) is 19.3 Å². The molecule has 1 atom stereocenters. The molecule has 18 heavy (non-hydrogen) atoms. The Labute approximate surface area is 112 Å². The Balaban J connectivity index is 2.04. The van der Waals surface area contributed by atoms with Gasteiger partial charge in [-0.15, -0.1) is 21.5 Å². The fraction of sp³-hybridized carbons (Fsp3) is 0.818. The number of aromatic nitrogens is 2. The zero-order valence-corrected chi connectivity index (χ0v) is 12.2. The second-order valence-corrected chi connectivity index (χ2v) is 7.99. The molecule has 1 aliphatic heterocycles. The van der Waals surface area contributed by atoms with Gasteiger partial charge in [-0.2, -0.15) is 0 Å². The van der Waals surface area contributed by atoms with Gasteiger partial charge in [0.15, 0.2) is 9.84 Å². The summed E-state index contributed by atoms with van der Waals surface area (Å²) in [7, 11) is -1.08. The Bertz CT molecular complexity index is 484. The summed E-state index contributed by atoms with van der Waals surface area (Å²) in [4.78, 5) is 0. The highest BCUT2D eigenvalue weighted by atomic mass is 32.2. The Morgan fingerprint density at radius 2 is 2.22 bits per heavy atom. The molecule has 7 heteroatoms. The van der Waals surface area contributed by atoms with Gasteiger partial charge in [-0.05, 0) is 32.9 Å². The topological polar surface area (TPSA) is 72.0 Å². The molecule has 1 N–H and O–H groups in total. The molecule has 1 fully saturated rings. The van der Waals surface area contributed by atoms with Crippen LogP contribution in [0.2, 0.25) is 0 Å². The first-order chi connectivity index (χ1) is 8.63. The van der Waals surface area contributed by atoms with E-state index in [0.717, 1.165) is 37.2 Å². The Morgan fingerprint density at radius 3 is 2.94 bits per heavy atom. The van der Waals surface area contributed by atoms with Crippen LogP contribution >= 0.6 is 11.3 Å². The third kappa shape index (κ3) is 3.27. The second kappa shape index (κ2) is 6.08. The van der Waals surface area contributed by atoms with E-state index in [0.29, 0.717) is 17.2 Å². The highest BCUT2D eigenvalue weighted by Crippen LogP contribution is 2.34. The van der Waals surface area contributed by atoms with E-state index in [-0.39, 0.29) is 0 Å². The first-order valence-corrected chi connectivity index (χ1v) is 8.85. The van der Waals surface area contributed by atoms with Gasteiger partial charge in [0, 0.05) is 6.42 Å². The predicted octanol–water partition coefficient (Wildman–Crippen LogP) is 1.33. The molecule has 0 amide bonds. The van der Waals surface area contributed by atoms with E-state index in [1.54, 1.807) is 0 Å². The van der Waals surface area contributed by atoms with Crippen LogP contribution in [0.1, 0.15) is 40.9 Å². The number of sulfone groups is 1. The molecule has 0 spiro atoms. The van der Waals surface area contributed by atoms with Gasteiger partial charge in [0.2, 0.25) is 0 Å². The van der Waals surface area contributed by atoms with E-state index in [1.807, 2.05) is 7.05 Å². The van der Waals surface area contributed by atoms with E-state index in [2.05, 4.69) is 15.5 Å². The maximum atomic E-state index is 12.0. The smallest absolute Gasteiger partial charge is 0.159 e. The maximum absolute atomic E-state index is 12.0. The summed E-state index contributed by atoms with van der Waals surface area (Å²) in [5.74, 6) is 0.298. The summed E-state index contributed by atoms with van der Waals surface area (Å²) >= 11 is 1.46. The SMILES string of the molecule is CNCCCc1nnc(C2CCCCS2(=O)=O)s1. The van der Waals surface area contributed by atoms with Crippen molar-refractivity contribution in [3.8, 4) is 0 Å². The fourth-order valence-corrected chi connectivity index (χ4v) is 5.40. The minimum atomic E-state index is -2.99. The monoisotopic (exact) mass is 289 g/mol. The van der Waals surface area contributed by atoms with Crippen molar-refractivity contribution in [2.24, 2.45) is 0 Å². The molecule has 1 saturated heterocycles. The third-order valence-electron chi connectivity index (χ3n) is 3.15. The van der Waals surface area contributed by atoms with Crippen molar-refractivity contribution < 1.29 is 8.42 Å². The van der Waals surface area contributed by atoms with E-state index >= 15 is 0 Å². The first-order valence-electron chi connectivity index (χ1n) is 6.32. The van der Waals surface area contributed by atoms with Crippen molar-refractivity contribution in [1.82, 2.24) is 15.5 Å². The Morgan fingerprint density at radius 1 is 1.39 bits per heavy atom. The van der Waals surface area contributed by atoms with Crippen LogP contribution in [0, 0.1) is 0 Å². The average Bonchev–Trinajstić information content (AvgIpc) is 2.77. The lowest BCUT2D eigenvalue weighted by molar-refractivity contribution is 0.544. The summed E-state index contributed by atoms with van der Waals surface area (Å²) in [5, 5.41) is 12.5. The largest absolute Gasteiger partial charge is 0.320 e. The Kier molecular flexibility index (Phi) is 4.69. The third-order valence-corrected chi connectivity index (χ3v) is 6.58. The second-order valence-electron chi connectivity index (χ2n) is 4.59. The zero-order valence-electron chi connectivity index (χ0n) is 10.6. The summed E-state index contributed by atoms with van der Waals surface area (Å²) in [6, 6.07) is 0. The van der Waals surface area contributed by atoms with E-state index in [1.165, 1.54) is 11.3 Å². The average molecular weight is 289 g/mol. The molecular weight excluding hydrogens is 270 g/mol. The normalized spacial score (nSPS) is 23.1. The zero-order chi connectivity index (χ0) is 13.0. The molecule has 102 valence electrons. The molecule has 1 aromatic heterocycles. The van der Waals surface area contributed by atoms with Crippen LogP contribution in [-0.2, 0) is 16.3 Å². The van der Waals surface area contributed by atoms with Crippen LogP contribution in [-0.4, -0.2) is 38.0 Å². The molecule has 0 radical (unpaired) electrons. The van der Waals surface area contributed by atoms with Gasteiger partial charge >= 0.3 is 0 Å². The molecule has 2 heterocycles. The highest BCUT2D eigenvalue weighted by Gasteiger charge is 2.32. The minimum Gasteiger partial charge on any atom is -0.320 e. The summed E-state index contributed by atoms with van der Waals surface area (Å²) in [6.45, 7) is 0.941. The molecule has 1 unspecified atom stereocenters. The molecule has 0 aliphatic carbocycles. The number of nitrogens with one attached hydrogen (secondary N) is 1. The summed E-state index contributed by atoms with van der Waals surface area (Å²) in [5.41, 5.74) is 0. The van der Waals surface area contributed by atoms with Gasteiger partial charge in [0.05, 0.1) is 5.75 Å². The standard InChI is InChI=1S/C11H19N3O2S2/c1-12-7-4-6-10-13-14-11(17-10)9-5-2-3-8-18(9,15)16/h9,12H,2-8H2,1H3. The van der Waals surface area contributed by atoms with Crippen molar-refractivity contribution in [1.29, 1.82) is 0 Å². The van der Waals surface area contributed by atoms with Crippen LogP contribution in [0.3, 0.4) is 0 Å². The number of hydrogen-bond acceptors (Lipinski definition) is 6. The van der Waals surface area contributed by atoms with E-state index in [4.69, 9.17) is 0 Å². The lowest BCUT2D eigenvalue weighted by atomic mass is 10.2. The molecule has 1 aliphatic rings. The fourth-order valence-electron chi connectivity index (χ4n) is 2.15. The number of aryl methyl sites for hydroxylation is 1. The Hall–Kier alpha value is -0.530. The van der Waals surface area contributed by atoms with Gasteiger partial charge < -0.3 is 5.32 Å². The van der Waals surface area contributed by atoms with E-state index < -0.39 is 15.1 Å². The molecule has 2 rings (SSSR count). The van der Waals surface area contributed by atoms with Gasteiger partial charge in [-0.25, -0.2) is 8.42 Å². The lowest BCUT2D eigenvalue weighted by Gasteiger charge is -2.19. The van der Waals surface area contributed by atoms with Crippen molar-refractivity contribution >= 4 is 21.2 Å². The van der Waals surface area contributed by atoms with Crippen LogP contribution in [0.4, 0.5) is 0 Å². The van der Waals surface area contributed by atoms with Crippen LogP contribution < -0.4 is 5.32 Å². The summed E-state index contributed by atoms with van der Waals surface area (Å²) < 4.78 is 24.0. The molecule has 0 bridgehead atoms. The van der Waals surface area contributed by atoms with Crippen LogP contribution in [0.15, 0.2) is 0 Å². The molecule has 1 aromatic rings. The molecular formula is C11H19N3O2S2. The molecule has 5 nitrogen and oxygen atoms in total. The van der Waals surface area contributed by atoms with Gasteiger partial charge in [-0.3, -0.25) is 0 Å².